The number of benzene rings is 1. The standard InChI is InChI=1S/C15H21N3/c1-12-5-4-6-14(9-12)15(2,16)8-7-13-10-17-18(3)11-13/h4-6,9-11H,7-8,16H2,1-3H3. The SMILES string of the molecule is Cc1cccc(C(C)(N)CCc2cnn(C)c2)c1. The summed E-state index contributed by atoms with van der Waals surface area (Å²) < 4.78 is 1.83. The van der Waals surface area contributed by atoms with Gasteiger partial charge in [-0.05, 0) is 37.8 Å². The lowest BCUT2D eigenvalue weighted by atomic mass is 9.87. The van der Waals surface area contributed by atoms with Crippen LogP contribution >= 0.6 is 0 Å². The first-order chi connectivity index (χ1) is 8.47. The van der Waals surface area contributed by atoms with Crippen molar-refractivity contribution in [3.63, 3.8) is 0 Å². The smallest absolute Gasteiger partial charge is 0.0521 e. The molecule has 1 aromatic carbocycles. The lowest BCUT2D eigenvalue weighted by molar-refractivity contribution is 0.452. The van der Waals surface area contributed by atoms with Crippen molar-refractivity contribution in [2.45, 2.75) is 32.2 Å². The molecule has 96 valence electrons. The molecule has 0 bridgehead atoms. The second-order valence-electron chi connectivity index (χ2n) is 5.31. The Morgan fingerprint density at radius 1 is 1.39 bits per heavy atom. The first-order valence-electron chi connectivity index (χ1n) is 6.31. The molecule has 0 spiro atoms. The molecule has 2 aromatic rings. The van der Waals surface area contributed by atoms with Gasteiger partial charge in [-0.1, -0.05) is 29.8 Å². The summed E-state index contributed by atoms with van der Waals surface area (Å²) in [5.41, 5.74) is 9.84. The first kappa shape index (κ1) is 12.8. The molecule has 1 atom stereocenters. The first-order valence-corrected chi connectivity index (χ1v) is 6.31. The van der Waals surface area contributed by atoms with Crippen LogP contribution in [0.3, 0.4) is 0 Å². The molecule has 0 radical (unpaired) electrons. The highest BCUT2D eigenvalue weighted by molar-refractivity contribution is 5.28. The average Bonchev–Trinajstić information content (AvgIpc) is 2.73. The second-order valence-corrected chi connectivity index (χ2v) is 5.31. The van der Waals surface area contributed by atoms with Crippen LogP contribution in [0.4, 0.5) is 0 Å². The Morgan fingerprint density at radius 2 is 2.17 bits per heavy atom. The van der Waals surface area contributed by atoms with Crippen molar-refractivity contribution in [2.24, 2.45) is 12.8 Å². The van der Waals surface area contributed by atoms with Crippen molar-refractivity contribution in [3.05, 3.63) is 53.3 Å². The molecule has 3 nitrogen and oxygen atoms in total. The Kier molecular flexibility index (Phi) is 3.53. The molecule has 0 aliphatic carbocycles. The third-order valence-corrected chi connectivity index (χ3v) is 3.37. The van der Waals surface area contributed by atoms with Crippen LogP contribution in [0.15, 0.2) is 36.7 Å². The van der Waals surface area contributed by atoms with Gasteiger partial charge in [0.05, 0.1) is 6.20 Å². The van der Waals surface area contributed by atoms with E-state index in [1.807, 2.05) is 24.1 Å². The van der Waals surface area contributed by atoms with Crippen LogP contribution in [0.25, 0.3) is 0 Å². The van der Waals surface area contributed by atoms with Crippen LogP contribution in [0.5, 0.6) is 0 Å². The number of hydrogen-bond donors (Lipinski definition) is 1. The molecule has 0 aliphatic heterocycles. The van der Waals surface area contributed by atoms with Gasteiger partial charge in [-0.2, -0.15) is 5.10 Å². The van der Waals surface area contributed by atoms with Gasteiger partial charge < -0.3 is 5.73 Å². The van der Waals surface area contributed by atoms with Gasteiger partial charge in [-0.25, -0.2) is 0 Å². The van der Waals surface area contributed by atoms with Crippen LogP contribution in [0, 0.1) is 6.92 Å². The molecule has 1 unspecified atom stereocenters. The van der Waals surface area contributed by atoms with E-state index >= 15 is 0 Å². The Morgan fingerprint density at radius 3 is 2.78 bits per heavy atom. The van der Waals surface area contributed by atoms with Crippen LogP contribution in [0.2, 0.25) is 0 Å². The van der Waals surface area contributed by atoms with Crippen LogP contribution in [-0.2, 0) is 19.0 Å². The van der Waals surface area contributed by atoms with E-state index in [-0.39, 0.29) is 5.54 Å². The van der Waals surface area contributed by atoms with Gasteiger partial charge in [0.1, 0.15) is 0 Å². The normalized spacial score (nSPS) is 14.4. The summed E-state index contributed by atoms with van der Waals surface area (Å²) in [6, 6.07) is 8.44. The number of aryl methyl sites for hydroxylation is 3. The Labute approximate surface area is 109 Å². The molecule has 0 amide bonds. The predicted octanol–water partition coefficient (Wildman–Crippen LogP) is 2.54. The lowest BCUT2D eigenvalue weighted by Crippen LogP contribution is -2.33. The van der Waals surface area contributed by atoms with Crippen LogP contribution < -0.4 is 5.73 Å². The maximum absolute atomic E-state index is 6.43. The largest absolute Gasteiger partial charge is 0.322 e. The van der Waals surface area contributed by atoms with E-state index in [0.717, 1.165) is 12.8 Å². The Balaban J connectivity index is 2.07. The van der Waals surface area contributed by atoms with Crippen LogP contribution in [-0.4, -0.2) is 9.78 Å². The molecule has 18 heavy (non-hydrogen) atoms. The minimum atomic E-state index is -0.290. The van der Waals surface area contributed by atoms with Crippen LogP contribution in [0.1, 0.15) is 30.0 Å². The zero-order valence-electron chi connectivity index (χ0n) is 11.4. The summed E-state index contributed by atoms with van der Waals surface area (Å²) in [5.74, 6) is 0. The van der Waals surface area contributed by atoms with Crippen molar-refractivity contribution in [1.29, 1.82) is 0 Å². The predicted molar refractivity (Wildman–Crippen MR) is 74.2 cm³/mol. The quantitative estimate of drug-likeness (QED) is 0.896. The fourth-order valence-corrected chi connectivity index (χ4v) is 2.15. The third kappa shape index (κ3) is 2.99. The minimum absolute atomic E-state index is 0.290. The molecule has 0 aliphatic rings. The number of nitrogens with two attached hydrogens (primary N) is 1. The fraction of sp³-hybridized carbons (Fsp3) is 0.400. The molecule has 2 N–H and O–H groups in total. The van der Waals surface area contributed by atoms with Gasteiger partial charge in [-0.15, -0.1) is 0 Å². The summed E-state index contributed by atoms with van der Waals surface area (Å²) in [6.45, 7) is 4.19. The van der Waals surface area contributed by atoms with Gasteiger partial charge in [0.2, 0.25) is 0 Å². The molecular formula is C15H21N3. The fourth-order valence-electron chi connectivity index (χ4n) is 2.15. The van der Waals surface area contributed by atoms with E-state index in [0.29, 0.717) is 0 Å². The van der Waals surface area contributed by atoms with Gasteiger partial charge >= 0.3 is 0 Å². The monoisotopic (exact) mass is 243 g/mol. The third-order valence-electron chi connectivity index (χ3n) is 3.37. The number of aromatic nitrogens is 2. The lowest BCUT2D eigenvalue weighted by Gasteiger charge is -2.25. The summed E-state index contributed by atoms with van der Waals surface area (Å²) in [7, 11) is 1.94. The molecule has 0 saturated heterocycles. The zero-order valence-corrected chi connectivity index (χ0v) is 11.4. The van der Waals surface area contributed by atoms with Gasteiger partial charge in [0.25, 0.3) is 0 Å². The van der Waals surface area contributed by atoms with E-state index in [1.165, 1.54) is 16.7 Å². The second kappa shape index (κ2) is 4.94. The number of hydrogen-bond acceptors (Lipinski definition) is 2. The zero-order chi connectivity index (χ0) is 13.2. The summed E-state index contributed by atoms with van der Waals surface area (Å²) >= 11 is 0. The summed E-state index contributed by atoms with van der Waals surface area (Å²) in [5, 5.41) is 4.18. The molecule has 2 rings (SSSR count). The molecule has 1 heterocycles. The molecule has 1 aromatic heterocycles. The minimum Gasteiger partial charge on any atom is -0.322 e. The van der Waals surface area contributed by atoms with E-state index in [9.17, 15) is 0 Å². The van der Waals surface area contributed by atoms with Gasteiger partial charge in [0.15, 0.2) is 0 Å². The highest BCUT2D eigenvalue weighted by Crippen LogP contribution is 2.24. The van der Waals surface area contributed by atoms with E-state index in [2.05, 4.69) is 43.2 Å². The molecule has 0 saturated carbocycles. The topological polar surface area (TPSA) is 43.8 Å². The number of rotatable bonds is 4. The maximum atomic E-state index is 6.43. The Bertz CT molecular complexity index is 526. The molecule has 0 fully saturated rings. The van der Waals surface area contributed by atoms with Crippen molar-refractivity contribution < 1.29 is 0 Å². The Hall–Kier alpha value is -1.61. The summed E-state index contributed by atoms with van der Waals surface area (Å²) in [4.78, 5) is 0. The van der Waals surface area contributed by atoms with E-state index < -0.39 is 0 Å². The van der Waals surface area contributed by atoms with Gasteiger partial charge in [-0.3, -0.25) is 4.68 Å². The maximum Gasteiger partial charge on any atom is 0.0521 e. The van der Waals surface area contributed by atoms with E-state index in [1.54, 1.807) is 0 Å². The van der Waals surface area contributed by atoms with Crippen molar-refractivity contribution >= 4 is 0 Å². The summed E-state index contributed by atoms with van der Waals surface area (Å²) in [6.07, 6.45) is 5.83. The van der Waals surface area contributed by atoms with Crippen molar-refractivity contribution in [3.8, 4) is 0 Å². The highest BCUT2D eigenvalue weighted by atomic mass is 15.2. The van der Waals surface area contributed by atoms with Crippen molar-refractivity contribution in [1.82, 2.24) is 9.78 Å². The average molecular weight is 243 g/mol. The molecular weight excluding hydrogens is 222 g/mol. The van der Waals surface area contributed by atoms with Crippen molar-refractivity contribution in [2.75, 3.05) is 0 Å². The molecule has 3 heteroatoms. The number of nitrogens with zero attached hydrogens (tertiary/aromatic N) is 2. The van der Waals surface area contributed by atoms with E-state index in [4.69, 9.17) is 5.73 Å². The highest BCUT2D eigenvalue weighted by Gasteiger charge is 2.21. The van der Waals surface area contributed by atoms with Gasteiger partial charge in [0, 0.05) is 18.8 Å².